The molecule has 24 heavy (non-hydrogen) atoms. The van der Waals surface area contributed by atoms with Crippen molar-refractivity contribution < 1.29 is 14.0 Å². The number of rotatable bonds is 2. The van der Waals surface area contributed by atoms with Crippen molar-refractivity contribution in [1.82, 2.24) is 4.57 Å². The lowest BCUT2D eigenvalue weighted by molar-refractivity contribution is 0.0941. The summed E-state index contributed by atoms with van der Waals surface area (Å²) in [7, 11) is 0. The standard InChI is InChI=1S/C19H17FN2O2/c1-11-4-6-15(8-12(11)2)21-19(24)17-10-22(13(3)23)18-9-14(20)5-7-16(17)18/h4-10H,1-3H3,(H,21,24). The first-order valence-corrected chi connectivity index (χ1v) is 7.57. The zero-order valence-corrected chi connectivity index (χ0v) is 13.7. The summed E-state index contributed by atoms with van der Waals surface area (Å²) in [4.78, 5) is 24.4. The number of carbonyl (C=O) groups excluding carboxylic acids is 2. The van der Waals surface area contributed by atoms with E-state index in [-0.39, 0.29) is 11.8 Å². The van der Waals surface area contributed by atoms with Crippen LogP contribution in [0.25, 0.3) is 10.9 Å². The lowest BCUT2D eigenvalue weighted by Gasteiger charge is -2.07. The highest BCUT2D eigenvalue weighted by molar-refractivity contribution is 6.14. The minimum Gasteiger partial charge on any atom is -0.322 e. The fraction of sp³-hybridized carbons (Fsp3) is 0.158. The van der Waals surface area contributed by atoms with E-state index in [1.54, 1.807) is 0 Å². The van der Waals surface area contributed by atoms with E-state index < -0.39 is 5.82 Å². The highest BCUT2D eigenvalue weighted by atomic mass is 19.1. The van der Waals surface area contributed by atoms with E-state index in [2.05, 4.69) is 5.32 Å². The summed E-state index contributed by atoms with van der Waals surface area (Å²) in [6.07, 6.45) is 1.45. The third-order valence-corrected chi connectivity index (χ3v) is 4.12. The van der Waals surface area contributed by atoms with Crippen LogP contribution >= 0.6 is 0 Å². The smallest absolute Gasteiger partial charge is 0.257 e. The summed E-state index contributed by atoms with van der Waals surface area (Å²) >= 11 is 0. The summed E-state index contributed by atoms with van der Waals surface area (Å²) in [6, 6.07) is 9.68. The highest BCUT2D eigenvalue weighted by Crippen LogP contribution is 2.24. The number of nitrogens with zero attached hydrogens (tertiary/aromatic N) is 1. The van der Waals surface area contributed by atoms with Gasteiger partial charge in [0, 0.05) is 24.2 Å². The van der Waals surface area contributed by atoms with Crippen molar-refractivity contribution in [2.75, 3.05) is 5.32 Å². The molecule has 1 aromatic heterocycles. The van der Waals surface area contributed by atoms with Crippen LogP contribution < -0.4 is 5.32 Å². The van der Waals surface area contributed by atoms with Crippen LogP contribution in [0.1, 0.15) is 33.2 Å². The third-order valence-electron chi connectivity index (χ3n) is 4.12. The van der Waals surface area contributed by atoms with Gasteiger partial charge >= 0.3 is 0 Å². The number of hydrogen-bond donors (Lipinski definition) is 1. The van der Waals surface area contributed by atoms with Crippen LogP contribution in [0.5, 0.6) is 0 Å². The molecule has 5 heteroatoms. The predicted octanol–water partition coefficient (Wildman–Crippen LogP) is 4.31. The minimum absolute atomic E-state index is 0.282. The number of carbonyl (C=O) groups is 2. The number of nitrogens with one attached hydrogen (secondary N) is 1. The van der Waals surface area contributed by atoms with E-state index >= 15 is 0 Å². The van der Waals surface area contributed by atoms with Crippen LogP contribution in [0.3, 0.4) is 0 Å². The predicted molar refractivity (Wildman–Crippen MR) is 92.1 cm³/mol. The van der Waals surface area contributed by atoms with Crippen molar-refractivity contribution >= 4 is 28.4 Å². The molecule has 0 aliphatic carbocycles. The monoisotopic (exact) mass is 324 g/mol. The maximum Gasteiger partial charge on any atom is 0.257 e. The van der Waals surface area contributed by atoms with Gasteiger partial charge in [-0.2, -0.15) is 0 Å². The van der Waals surface area contributed by atoms with Gasteiger partial charge < -0.3 is 5.32 Å². The van der Waals surface area contributed by atoms with Crippen molar-refractivity contribution in [3.8, 4) is 0 Å². The van der Waals surface area contributed by atoms with Crippen molar-refractivity contribution in [2.24, 2.45) is 0 Å². The van der Waals surface area contributed by atoms with Crippen molar-refractivity contribution in [2.45, 2.75) is 20.8 Å². The van der Waals surface area contributed by atoms with Gasteiger partial charge in [0.25, 0.3) is 5.91 Å². The zero-order valence-electron chi connectivity index (χ0n) is 13.7. The van der Waals surface area contributed by atoms with E-state index in [1.807, 2.05) is 32.0 Å². The van der Waals surface area contributed by atoms with Crippen LogP contribution in [0.15, 0.2) is 42.6 Å². The van der Waals surface area contributed by atoms with Crippen LogP contribution in [-0.2, 0) is 0 Å². The van der Waals surface area contributed by atoms with Gasteiger partial charge in [0.15, 0.2) is 0 Å². The lowest BCUT2D eigenvalue weighted by Crippen LogP contribution is -2.12. The maximum absolute atomic E-state index is 13.5. The van der Waals surface area contributed by atoms with Gasteiger partial charge in [0.1, 0.15) is 5.82 Å². The molecule has 0 radical (unpaired) electrons. The van der Waals surface area contributed by atoms with E-state index in [0.29, 0.717) is 22.2 Å². The summed E-state index contributed by atoms with van der Waals surface area (Å²) < 4.78 is 14.8. The van der Waals surface area contributed by atoms with Gasteiger partial charge in [-0.25, -0.2) is 4.39 Å². The molecule has 1 amide bonds. The van der Waals surface area contributed by atoms with E-state index in [1.165, 1.54) is 35.9 Å². The van der Waals surface area contributed by atoms with E-state index in [4.69, 9.17) is 0 Å². The van der Waals surface area contributed by atoms with Crippen LogP contribution in [-0.4, -0.2) is 16.4 Å². The van der Waals surface area contributed by atoms with Crippen molar-refractivity contribution in [3.63, 3.8) is 0 Å². The Kier molecular flexibility index (Phi) is 3.93. The molecule has 0 saturated carbocycles. The topological polar surface area (TPSA) is 51.1 Å². The average molecular weight is 324 g/mol. The Hall–Kier alpha value is -2.95. The molecule has 0 bridgehead atoms. The first-order valence-electron chi connectivity index (χ1n) is 7.57. The van der Waals surface area contributed by atoms with Gasteiger partial charge in [0.2, 0.25) is 5.91 Å². The number of benzene rings is 2. The molecule has 0 aliphatic heterocycles. The second kappa shape index (κ2) is 5.92. The third kappa shape index (κ3) is 2.80. The molecule has 1 N–H and O–H groups in total. The molecule has 0 unspecified atom stereocenters. The molecular weight excluding hydrogens is 307 g/mol. The quantitative estimate of drug-likeness (QED) is 0.763. The molecule has 4 nitrogen and oxygen atoms in total. The second-order valence-electron chi connectivity index (χ2n) is 5.85. The van der Waals surface area contributed by atoms with Gasteiger partial charge in [-0.3, -0.25) is 14.2 Å². The van der Waals surface area contributed by atoms with E-state index in [9.17, 15) is 14.0 Å². The van der Waals surface area contributed by atoms with Crippen LogP contribution in [0.4, 0.5) is 10.1 Å². The highest BCUT2D eigenvalue weighted by Gasteiger charge is 2.17. The number of anilines is 1. The number of aromatic nitrogens is 1. The molecule has 0 fully saturated rings. The van der Waals surface area contributed by atoms with Gasteiger partial charge in [-0.05, 0) is 55.3 Å². The molecule has 0 saturated heterocycles. The molecule has 0 atom stereocenters. The first-order chi connectivity index (χ1) is 11.4. The number of hydrogen-bond acceptors (Lipinski definition) is 2. The molecule has 122 valence electrons. The van der Waals surface area contributed by atoms with Gasteiger partial charge in [0.05, 0.1) is 11.1 Å². The molecule has 3 rings (SSSR count). The average Bonchev–Trinajstić information content (AvgIpc) is 2.90. The molecule has 0 spiro atoms. The molecule has 0 aliphatic rings. The minimum atomic E-state index is -0.454. The first kappa shape index (κ1) is 15.9. The Labute approximate surface area is 138 Å². The van der Waals surface area contributed by atoms with Crippen molar-refractivity contribution in [3.05, 3.63) is 65.1 Å². The largest absolute Gasteiger partial charge is 0.322 e. The Morgan fingerprint density at radius 2 is 1.79 bits per heavy atom. The molecular formula is C19H17FN2O2. The number of aryl methyl sites for hydroxylation is 2. The van der Waals surface area contributed by atoms with Crippen LogP contribution in [0.2, 0.25) is 0 Å². The van der Waals surface area contributed by atoms with Crippen molar-refractivity contribution in [1.29, 1.82) is 0 Å². The second-order valence-corrected chi connectivity index (χ2v) is 5.85. The molecule has 3 aromatic rings. The normalized spacial score (nSPS) is 10.8. The number of halogens is 1. The summed E-state index contributed by atoms with van der Waals surface area (Å²) in [5.74, 6) is -1.07. The van der Waals surface area contributed by atoms with Gasteiger partial charge in [-0.1, -0.05) is 6.07 Å². The van der Waals surface area contributed by atoms with E-state index in [0.717, 1.165) is 11.1 Å². The maximum atomic E-state index is 13.5. The SMILES string of the molecule is CC(=O)n1cc(C(=O)Nc2ccc(C)c(C)c2)c2ccc(F)cc21. The van der Waals surface area contributed by atoms with Gasteiger partial charge in [-0.15, -0.1) is 0 Å². The fourth-order valence-corrected chi connectivity index (χ4v) is 2.66. The summed E-state index contributed by atoms with van der Waals surface area (Å²) in [5, 5.41) is 3.36. The Morgan fingerprint density at radius 3 is 2.46 bits per heavy atom. The molecule has 2 aromatic carbocycles. The summed E-state index contributed by atoms with van der Waals surface area (Å²) in [5.41, 5.74) is 3.60. The molecule has 1 heterocycles. The zero-order chi connectivity index (χ0) is 17.4. The number of amides is 1. The Balaban J connectivity index is 2.03. The summed E-state index contributed by atoms with van der Waals surface area (Å²) in [6.45, 7) is 5.33. The fourth-order valence-electron chi connectivity index (χ4n) is 2.66. The Bertz CT molecular complexity index is 973. The lowest BCUT2D eigenvalue weighted by atomic mass is 10.1. The number of fused-ring (bicyclic) bond motifs is 1. The Morgan fingerprint density at radius 1 is 1.04 bits per heavy atom. The van der Waals surface area contributed by atoms with Crippen LogP contribution in [0, 0.1) is 19.7 Å².